The number of nitrogens with one attached hydrogen (secondary N) is 2. The van der Waals surface area contributed by atoms with Crippen molar-refractivity contribution in [3.8, 4) is 0 Å². The molecule has 6 nitrogen and oxygen atoms in total. The molecule has 1 aromatic rings. The second-order valence-corrected chi connectivity index (χ2v) is 5.45. The summed E-state index contributed by atoms with van der Waals surface area (Å²) in [5, 5.41) is 14.7. The van der Waals surface area contributed by atoms with Crippen molar-refractivity contribution in [2.45, 2.75) is 51.6 Å². The summed E-state index contributed by atoms with van der Waals surface area (Å²) in [5.41, 5.74) is 0. The van der Waals surface area contributed by atoms with Crippen molar-refractivity contribution >= 4 is 6.01 Å². The highest BCUT2D eigenvalue weighted by molar-refractivity contribution is 5.19. The zero-order chi connectivity index (χ0) is 14.2. The fraction of sp³-hybridized carbons (Fsp3) is 0.857. The van der Waals surface area contributed by atoms with E-state index in [1.54, 1.807) is 7.11 Å². The van der Waals surface area contributed by atoms with Gasteiger partial charge in [0.25, 0.3) is 0 Å². The smallest absolute Gasteiger partial charge is 0.315 e. The molecule has 0 radical (unpaired) electrons. The van der Waals surface area contributed by atoms with Crippen LogP contribution in [0.1, 0.15) is 44.9 Å². The summed E-state index contributed by atoms with van der Waals surface area (Å²) in [6.45, 7) is 4.31. The third-order valence-corrected chi connectivity index (χ3v) is 3.91. The third kappa shape index (κ3) is 4.76. The van der Waals surface area contributed by atoms with E-state index in [4.69, 9.17) is 9.15 Å². The van der Waals surface area contributed by atoms with Crippen molar-refractivity contribution < 1.29 is 9.15 Å². The van der Waals surface area contributed by atoms with Crippen LogP contribution in [-0.2, 0) is 11.3 Å². The lowest BCUT2D eigenvalue weighted by molar-refractivity contribution is 0.198. The Morgan fingerprint density at radius 2 is 2.25 bits per heavy atom. The number of anilines is 1. The van der Waals surface area contributed by atoms with Crippen LogP contribution >= 0.6 is 0 Å². The van der Waals surface area contributed by atoms with E-state index < -0.39 is 0 Å². The van der Waals surface area contributed by atoms with Crippen molar-refractivity contribution in [1.29, 1.82) is 0 Å². The van der Waals surface area contributed by atoms with Gasteiger partial charge in [-0.1, -0.05) is 31.3 Å². The summed E-state index contributed by atoms with van der Waals surface area (Å²) in [7, 11) is 1.68. The fourth-order valence-corrected chi connectivity index (χ4v) is 2.72. The van der Waals surface area contributed by atoms with Crippen LogP contribution in [0.4, 0.5) is 6.01 Å². The Balaban J connectivity index is 1.74. The standard InChI is InChI=1S/C14H26N4O2/c1-3-11-5-4-6-12(9-11)16-14-18-17-13(20-14)10-15-7-8-19-2/h11-12,15H,3-10H2,1-2H3,(H,16,18). The highest BCUT2D eigenvalue weighted by Crippen LogP contribution is 2.28. The van der Waals surface area contributed by atoms with Crippen LogP contribution in [0.3, 0.4) is 0 Å². The van der Waals surface area contributed by atoms with E-state index in [0.29, 0.717) is 31.1 Å². The quantitative estimate of drug-likeness (QED) is 0.712. The molecule has 114 valence electrons. The van der Waals surface area contributed by atoms with Gasteiger partial charge < -0.3 is 19.8 Å². The lowest BCUT2D eigenvalue weighted by atomic mass is 9.84. The zero-order valence-corrected chi connectivity index (χ0v) is 12.5. The average Bonchev–Trinajstić information content (AvgIpc) is 2.91. The minimum atomic E-state index is 0.475. The van der Waals surface area contributed by atoms with Crippen LogP contribution in [-0.4, -0.2) is 36.5 Å². The van der Waals surface area contributed by atoms with E-state index >= 15 is 0 Å². The van der Waals surface area contributed by atoms with E-state index in [2.05, 4.69) is 27.8 Å². The number of ether oxygens (including phenoxy) is 1. The van der Waals surface area contributed by atoms with Gasteiger partial charge in [-0.25, -0.2) is 0 Å². The fourth-order valence-electron chi connectivity index (χ4n) is 2.72. The lowest BCUT2D eigenvalue weighted by Crippen LogP contribution is -2.27. The Kier molecular flexibility index (Phi) is 6.26. The van der Waals surface area contributed by atoms with Crippen molar-refractivity contribution in [2.75, 3.05) is 25.6 Å². The number of methoxy groups -OCH3 is 1. The maximum Gasteiger partial charge on any atom is 0.315 e. The summed E-state index contributed by atoms with van der Waals surface area (Å²) in [5.74, 6) is 1.45. The van der Waals surface area contributed by atoms with Crippen LogP contribution in [0.2, 0.25) is 0 Å². The van der Waals surface area contributed by atoms with Gasteiger partial charge in [0.05, 0.1) is 13.2 Å². The van der Waals surface area contributed by atoms with Crippen molar-refractivity contribution in [1.82, 2.24) is 15.5 Å². The molecule has 1 saturated carbocycles. The molecule has 1 aromatic heterocycles. The normalized spacial score (nSPS) is 22.9. The molecule has 1 heterocycles. The molecule has 2 atom stereocenters. The maximum atomic E-state index is 5.60. The maximum absolute atomic E-state index is 5.60. The SMILES string of the molecule is CCC1CCCC(Nc2nnc(CNCCOC)o2)C1. The Morgan fingerprint density at radius 1 is 1.35 bits per heavy atom. The van der Waals surface area contributed by atoms with Gasteiger partial charge in [0, 0.05) is 19.7 Å². The molecule has 6 heteroatoms. The zero-order valence-electron chi connectivity index (χ0n) is 12.5. The number of nitrogens with zero attached hydrogens (tertiary/aromatic N) is 2. The van der Waals surface area contributed by atoms with Gasteiger partial charge >= 0.3 is 6.01 Å². The summed E-state index contributed by atoms with van der Waals surface area (Å²) >= 11 is 0. The molecule has 0 spiro atoms. The van der Waals surface area contributed by atoms with Gasteiger partial charge in [0.2, 0.25) is 5.89 Å². The molecular formula is C14H26N4O2. The first-order valence-corrected chi connectivity index (χ1v) is 7.60. The monoisotopic (exact) mass is 282 g/mol. The number of aromatic nitrogens is 2. The molecule has 0 aromatic carbocycles. The lowest BCUT2D eigenvalue weighted by Gasteiger charge is -2.28. The predicted octanol–water partition coefficient (Wildman–Crippen LogP) is 2.19. The van der Waals surface area contributed by atoms with Crippen molar-refractivity contribution in [3.05, 3.63) is 5.89 Å². The van der Waals surface area contributed by atoms with Crippen molar-refractivity contribution in [3.63, 3.8) is 0 Å². The van der Waals surface area contributed by atoms with Gasteiger partial charge in [0.1, 0.15) is 0 Å². The minimum absolute atomic E-state index is 0.475. The molecule has 1 aliphatic rings. The molecule has 0 amide bonds. The average molecular weight is 282 g/mol. The van der Waals surface area contributed by atoms with Crippen LogP contribution in [0.25, 0.3) is 0 Å². The highest BCUT2D eigenvalue weighted by Gasteiger charge is 2.22. The third-order valence-electron chi connectivity index (χ3n) is 3.91. The number of hydrogen-bond donors (Lipinski definition) is 2. The largest absolute Gasteiger partial charge is 0.407 e. The minimum Gasteiger partial charge on any atom is -0.407 e. The first-order valence-electron chi connectivity index (χ1n) is 7.60. The molecule has 0 bridgehead atoms. The van der Waals surface area contributed by atoms with Gasteiger partial charge in [-0.15, -0.1) is 5.10 Å². The Labute approximate surface area is 120 Å². The molecular weight excluding hydrogens is 256 g/mol. The second-order valence-electron chi connectivity index (χ2n) is 5.45. The molecule has 0 aliphatic heterocycles. The van der Waals surface area contributed by atoms with E-state index in [0.717, 1.165) is 12.5 Å². The van der Waals surface area contributed by atoms with E-state index in [9.17, 15) is 0 Å². The molecule has 2 N–H and O–H groups in total. The van der Waals surface area contributed by atoms with E-state index in [-0.39, 0.29) is 0 Å². The molecule has 0 saturated heterocycles. The molecule has 1 fully saturated rings. The van der Waals surface area contributed by atoms with Crippen LogP contribution < -0.4 is 10.6 Å². The topological polar surface area (TPSA) is 72.2 Å². The Morgan fingerprint density at radius 3 is 3.05 bits per heavy atom. The summed E-state index contributed by atoms with van der Waals surface area (Å²) < 4.78 is 10.6. The first kappa shape index (κ1) is 15.3. The predicted molar refractivity (Wildman–Crippen MR) is 77.5 cm³/mol. The summed E-state index contributed by atoms with van der Waals surface area (Å²) in [6, 6.07) is 1.03. The first-order chi connectivity index (χ1) is 9.81. The molecule has 20 heavy (non-hydrogen) atoms. The molecule has 1 aliphatic carbocycles. The highest BCUT2D eigenvalue weighted by atomic mass is 16.5. The van der Waals surface area contributed by atoms with Crippen LogP contribution in [0.15, 0.2) is 4.42 Å². The van der Waals surface area contributed by atoms with Crippen molar-refractivity contribution in [2.24, 2.45) is 5.92 Å². The Hall–Kier alpha value is -1.14. The Bertz CT molecular complexity index is 383. The van der Waals surface area contributed by atoms with Gasteiger partial charge in [-0.05, 0) is 18.8 Å². The molecule has 2 rings (SSSR count). The number of rotatable bonds is 8. The van der Waals surface area contributed by atoms with Gasteiger partial charge in [-0.3, -0.25) is 0 Å². The summed E-state index contributed by atoms with van der Waals surface area (Å²) in [6.07, 6.45) is 6.31. The van der Waals surface area contributed by atoms with Gasteiger partial charge in [0.15, 0.2) is 0 Å². The van der Waals surface area contributed by atoms with Crippen LogP contribution in [0, 0.1) is 5.92 Å². The van der Waals surface area contributed by atoms with Crippen LogP contribution in [0.5, 0.6) is 0 Å². The summed E-state index contributed by atoms with van der Waals surface area (Å²) in [4.78, 5) is 0. The van der Waals surface area contributed by atoms with Gasteiger partial charge in [-0.2, -0.15) is 0 Å². The van der Waals surface area contributed by atoms with E-state index in [1.165, 1.54) is 32.1 Å². The second kappa shape index (κ2) is 8.21. The number of hydrogen-bond acceptors (Lipinski definition) is 6. The molecule has 2 unspecified atom stereocenters. The van der Waals surface area contributed by atoms with E-state index in [1.807, 2.05) is 0 Å².